The summed E-state index contributed by atoms with van der Waals surface area (Å²) in [6.45, 7) is 5.68. The lowest BCUT2D eigenvalue weighted by atomic mass is 10.2. The third-order valence-electron chi connectivity index (χ3n) is 3.27. The number of nitrogens with two attached hydrogens (primary N) is 1. The molecule has 0 aliphatic carbocycles. The van der Waals surface area contributed by atoms with Gasteiger partial charge in [-0.2, -0.15) is 0 Å². The van der Waals surface area contributed by atoms with Crippen LogP contribution in [0.3, 0.4) is 0 Å². The normalized spacial score (nSPS) is 18.3. The lowest BCUT2D eigenvalue weighted by Crippen LogP contribution is -2.33. The van der Waals surface area contributed by atoms with Crippen molar-refractivity contribution in [1.82, 2.24) is 4.90 Å². The molecule has 1 atom stereocenters. The molecule has 0 aromatic heterocycles. The molecule has 1 aromatic rings. The Morgan fingerprint density at radius 1 is 1.47 bits per heavy atom. The topological polar surface area (TPSA) is 46.3 Å². The molecule has 1 saturated heterocycles. The maximum Gasteiger partial charge on any atom is 0.232 e. The van der Waals surface area contributed by atoms with Gasteiger partial charge in [0.1, 0.15) is 0 Å². The fourth-order valence-corrected chi connectivity index (χ4v) is 3.13. The second-order valence-electron chi connectivity index (χ2n) is 4.95. The van der Waals surface area contributed by atoms with Gasteiger partial charge in [-0.05, 0) is 31.9 Å². The molecule has 1 aromatic carbocycles. The molecule has 2 N–H and O–H groups in total. The van der Waals surface area contributed by atoms with Crippen LogP contribution in [0.1, 0.15) is 17.5 Å². The van der Waals surface area contributed by atoms with Gasteiger partial charge in [-0.3, -0.25) is 4.79 Å². The first-order valence-corrected chi connectivity index (χ1v) is 7.28. The zero-order valence-electron chi connectivity index (χ0n) is 11.4. The predicted molar refractivity (Wildman–Crippen MR) is 83.1 cm³/mol. The van der Waals surface area contributed by atoms with E-state index in [1.54, 1.807) is 11.8 Å². The number of hydrogen-bond acceptors (Lipinski definition) is 3. The monoisotopic (exact) mass is 300 g/mol. The molecule has 0 radical (unpaired) electrons. The summed E-state index contributed by atoms with van der Waals surface area (Å²) >= 11 is 1.63. The number of benzene rings is 1. The fraction of sp³-hybridized carbons (Fsp3) is 0.500. The first kappa shape index (κ1) is 16.3. The van der Waals surface area contributed by atoms with Gasteiger partial charge in [-0.1, -0.05) is 17.7 Å². The Morgan fingerprint density at radius 2 is 2.21 bits per heavy atom. The van der Waals surface area contributed by atoms with Crippen molar-refractivity contribution < 1.29 is 4.79 Å². The van der Waals surface area contributed by atoms with E-state index in [2.05, 4.69) is 32.0 Å². The number of aryl methyl sites for hydroxylation is 2. The highest BCUT2D eigenvalue weighted by Crippen LogP contribution is 2.24. The molecule has 3 nitrogen and oxygen atoms in total. The number of carbonyl (C=O) groups is 1. The van der Waals surface area contributed by atoms with E-state index in [0.717, 1.165) is 13.0 Å². The molecule has 0 saturated carbocycles. The van der Waals surface area contributed by atoms with E-state index in [1.165, 1.54) is 16.0 Å². The van der Waals surface area contributed by atoms with Crippen LogP contribution in [0, 0.1) is 13.8 Å². The van der Waals surface area contributed by atoms with E-state index >= 15 is 0 Å². The van der Waals surface area contributed by atoms with Crippen LogP contribution in [0.25, 0.3) is 0 Å². The largest absolute Gasteiger partial charge is 0.340 e. The van der Waals surface area contributed by atoms with Crippen molar-refractivity contribution in [3.63, 3.8) is 0 Å². The van der Waals surface area contributed by atoms with Crippen LogP contribution in [-0.4, -0.2) is 35.7 Å². The molecule has 106 valence electrons. The van der Waals surface area contributed by atoms with Crippen molar-refractivity contribution in [2.75, 3.05) is 18.8 Å². The Hall–Kier alpha value is -0.710. The molecule has 1 aliphatic rings. The molecule has 1 fully saturated rings. The van der Waals surface area contributed by atoms with Crippen LogP contribution in [-0.2, 0) is 4.79 Å². The fourth-order valence-electron chi connectivity index (χ4n) is 2.11. The van der Waals surface area contributed by atoms with E-state index in [4.69, 9.17) is 5.73 Å². The van der Waals surface area contributed by atoms with Gasteiger partial charge in [0.25, 0.3) is 0 Å². The minimum absolute atomic E-state index is 0. The number of likely N-dealkylation sites (tertiary alicyclic amines) is 1. The smallest absolute Gasteiger partial charge is 0.232 e. The summed E-state index contributed by atoms with van der Waals surface area (Å²) in [5, 5.41) is 0. The summed E-state index contributed by atoms with van der Waals surface area (Å²) in [6, 6.07) is 6.51. The highest BCUT2D eigenvalue weighted by Gasteiger charge is 2.23. The molecule has 19 heavy (non-hydrogen) atoms. The SMILES string of the molecule is Cc1ccc(C)c(SCC(=O)N2CC[C@@H](N)C2)c1.Cl. The van der Waals surface area contributed by atoms with Gasteiger partial charge in [0.15, 0.2) is 0 Å². The van der Waals surface area contributed by atoms with Crippen molar-refractivity contribution >= 4 is 30.1 Å². The first-order valence-electron chi connectivity index (χ1n) is 6.29. The van der Waals surface area contributed by atoms with Gasteiger partial charge in [0.2, 0.25) is 5.91 Å². The van der Waals surface area contributed by atoms with Crippen LogP contribution in [0.5, 0.6) is 0 Å². The van der Waals surface area contributed by atoms with Gasteiger partial charge in [0, 0.05) is 24.0 Å². The highest BCUT2D eigenvalue weighted by molar-refractivity contribution is 8.00. The molecule has 2 rings (SSSR count). The Bertz CT molecular complexity index is 453. The Morgan fingerprint density at radius 3 is 2.84 bits per heavy atom. The zero-order valence-corrected chi connectivity index (χ0v) is 13.0. The highest BCUT2D eigenvalue weighted by atomic mass is 35.5. The molecule has 0 unspecified atom stereocenters. The maximum absolute atomic E-state index is 12.0. The average molecular weight is 301 g/mol. The van der Waals surface area contributed by atoms with Gasteiger partial charge in [-0.15, -0.1) is 24.2 Å². The lowest BCUT2D eigenvalue weighted by Gasteiger charge is -2.15. The Labute approximate surface area is 125 Å². The van der Waals surface area contributed by atoms with Crippen molar-refractivity contribution in [1.29, 1.82) is 0 Å². The standard InChI is InChI=1S/C14H20N2OS.ClH/c1-10-3-4-11(2)13(7-10)18-9-14(17)16-6-5-12(15)8-16;/h3-4,7,12H,5-6,8-9,15H2,1-2H3;1H/t12-;/m1./s1. The minimum atomic E-state index is 0. The molecule has 0 bridgehead atoms. The molecule has 5 heteroatoms. The third-order valence-corrected chi connectivity index (χ3v) is 4.41. The summed E-state index contributed by atoms with van der Waals surface area (Å²) in [6.07, 6.45) is 0.930. The number of nitrogens with zero attached hydrogens (tertiary/aromatic N) is 1. The van der Waals surface area contributed by atoms with Gasteiger partial charge in [0.05, 0.1) is 5.75 Å². The number of amides is 1. The minimum Gasteiger partial charge on any atom is -0.340 e. The second-order valence-corrected chi connectivity index (χ2v) is 5.96. The summed E-state index contributed by atoms with van der Waals surface area (Å²) in [4.78, 5) is 15.1. The van der Waals surface area contributed by atoms with Crippen LogP contribution in [0.4, 0.5) is 0 Å². The Balaban J connectivity index is 0.00000180. The number of halogens is 1. The van der Waals surface area contributed by atoms with Gasteiger partial charge in [-0.25, -0.2) is 0 Å². The van der Waals surface area contributed by atoms with E-state index in [1.807, 2.05) is 4.90 Å². The maximum atomic E-state index is 12.0. The van der Waals surface area contributed by atoms with Crippen molar-refractivity contribution in [3.05, 3.63) is 29.3 Å². The number of thioether (sulfide) groups is 1. The van der Waals surface area contributed by atoms with E-state index in [-0.39, 0.29) is 24.4 Å². The summed E-state index contributed by atoms with van der Waals surface area (Å²) in [5.41, 5.74) is 8.28. The zero-order chi connectivity index (χ0) is 13.1. The van der Waals surface area contributed by atoms with Crippen molar-refractivity contribution in [2.24, 2.45) is 5.73 Å². The van der Waals surface area contributed by atoms with Gasteiger partial charge < -0.3 is 10.6 Å². The van der Waals surface area contributed by atoms with E-state index in [0.29, 0.717) is 12.3 Å². The van der Waals surface area contributed by atoms with Crippen LogP contribution < -0.4 is 5.73 Å². The first-order chi connectivity index (χ1) is 8.56. The molecule has 1 amide bonds. The van der Waals surface area contributed by atoms with Crippen LogP contribution in [0.15, 0.2) is 23.1 Å². The summed E-state index contributed by atoms with van der Waals surface area (Å²) in [7, 11) is 0. The molecule has 0 spiro atoms. The summed E-state index contributed by atoms with van der Waals surface area (Å²) in [5.74, 6) is 0.714. The molecule has 1 aliphatic heterocycles. The lowest BCUT2D eigenvalue weighted by molar-refractivity contribution is -0.127. The summed E-state index contributed by atoms with van der Waals surface area (Å²) < 4.78 is 0. The predicted octanol–water partition coefficient (Wildman–Crippen LogP) is 2.38. The molecular formula is C14H21ClN2OS. The molecular weight excluding hydrogens is 280 g/mol. The quantitative estimate of drug-likeness (QED) is 0.872. The average Bonchev–Trinajstić information content (AvgIpc) is 2.77. The number of carbonyl (C=O) groups excluding carboxylic acids is 1. The van der Waals surface area contributed by atoms with Gasteiger partial charge >= 0.3 is 0 Å². The van der Waals surface area contributed by atoms with Crippen LogP contribution in [0.2, 0.25) is 0 Å². The molecule has 1 heterocycles. The van der Waals surface area contributed by atoms with Crippen molar-refractivity contribution in [3.8, 4) is 0 Å². The Kier molecular flexibility index (Phi) is 6.17. The van der Waals surface area contributed by atoms with Crippen LogP contribution >= 0.6 is 24.2 Å². The third kappa shape index (κ3) is 4.41. The number of rotatable bonds is 3. The van der Waals surface area contributed by atoms with E-state index in [9.17, 15) is 4.79 Å². The van der Waals surface area contributed by atoms with Crippen molar-refractivity contribution in [2.45, 2.75) is 31.2 Å². The van der Waals surface area contributed by atoms with E-state index < -0.39 is 0 Å². The number of hydrogen-bond donors (Lipinski definition) is 1. The second kappa shape index (κ2) is 7.17.